The Kier molecular flexibility index (Phi) is 8.82. The number of ether oxygens (including phenoxy) is 3. The summed E-state index contributed by atoms with van der Waals surface area (Å²) in [6.07, 6.45) is -0.727. The number of fused-ring (bicyclic) bond motifs is 2. The number of hydrogen-bond acceptors (Lipinski definition) is 9. The molecule has 10 nitrogen and oxygen atoms in total. The normalized spacial score (nSPS) is 23.5. The van der Waals surface area contributed by atoms with Gasteiger partial charge in [-0.05, 0) is 55.3 Å². The Balaban J connectivity index is 1.89. The molecule has 2 aliphatic rings. The maximum Gasteiger partial charge on any atom is 0.328 e. The summed E-state index contributed by atoms with van der Waals surface area (Å²) in [5, 5.41) is 3.35. The second-order valence-corrected chi connectivity index (χ2v) is 11.5. The molecular formula is C34H33ClN2O8. The lowest BCUT2D eigenvalue weighted by Gasteiger charge is -2.41. The summed E-state index contributed by atoms with van der Waals surface area (Å²) < 4.78 is 15.7. The van der Waals surface area contributed by atoms with Crippen molar-refractivity contribution in [2.45, 2.75) is 43.8 Å². The van der Waals surface area contributed by atoms with Crippen LogP contribution in [0.25, 0.3) is 0 Å². The van der Waals surface area contributed by atoms with E-state index >= 15 is 4.79 Å². The van der Waals surface area contributed by atoms with Gasteiger partial charge in [0, 0.05) is 16.3 Å². The summed E-state index contributed by atoms with van der Waals surface area (Å²) in [6, 6.07) is 18.9. The number of methoxy groups -OCH3 is 2. The van der Waals surface area contributed by atoms with Crippen LogP contribution in [0.1, 0.15) is 40.4 Å². The molecule has 0 aliphatic carbocycles. The first-order chi connectivity index (χ1) is 21.5. The van der Waals surface area contributed by atoms with Gasteiger partial charge in [0.1, 0.15) is 17.0 Å². The average Bonchev–Trinajstić information content (AvgIpc) is 3.47. The summed E-state index contributed by atoms with van der Waals surface area (Å²) in [5.74, 6) is -5.60. The quantitative estimate of drug-likeness (QED) is 0.212. The molecule has 2 heterocycles. The van der Waals surface area contributed by atoms with Crippen LogP contribution in [-0.2, 0) is 45.3 Å². The second-order valence-electron chi connectivity index (χ2n) is 11.1. The molecule has 0 saturated carbocycles. The van der Waals surface area contributed by atoms with Gasteiger partial charge in [0.05, 0.1) is 39.7 Å². The molecule has 234 valence electrons. The zero-order valence-corrected chi connectivity index (χ0v) is 26.1. The van der Waals surface area contributed by atoms with E-state index in [9.17, 15) is 19.2 Å². The van der Waals surface area contributed by atoms with Gasteiger partial charge >= 0.3 is 17.9 Å². The minimum absolute atomic E-state index is 0.0438. The minimum Gasteiger partial charge on any atom is -0.469 e. The third-order valence-electron chi connectivity index (χ3n) is 8.63. The second kappa shape index (κ2) is 12.5. The van der Waals surface area contributed by atoms with Crippen LogP contribution in [0, 0.1) is 12.8 Å². The molecule has 0 aromatic heterocycles. The number of carbonyl (C=O) groups excluding carboxylic acids is 5. The number of esters is 3. The lowest BCUT2D eigenvalue weighted by atomic mass is 9.58. The average molecular weight is 633 g/mol. The molecule has 5 rings (SSSR count). The van der Waals surface area contributed by atoms with Gasteiger partial charge in [-0.15, -0.1) is 0 Å². The Hall–Kier alpha value is -4.54. The fourth-order valence-electron chi connectivity index (χ4n) is 6.77. The molecule has 0 unspecified atom stereocenters. The number of hydrogen-bond donors (Lipinski definition) is 1. The highest BCUT2D eigenvalue weighted by molar-refractivity contribution is 6.30. The number of rotatable bonds is 9. The van der Waals surface area contributed by atoms with Crippen LogP contribution in [0.4, 0.5) is 5.69 Å². The molecule has 0 radical (unpaired) electrons. The smallest absolute Gasteiger partial charge is 0.328 e. The van der Waals surface area contributed by atoms with Crippen molar-refractivity contribution >= 4 is 46.9 Å². The van der Waals surface area contributed by atoms with Crippen molar-refractivity contribution < 1.29 is 38.2 Å². The molecule has 4 atom stereocenters. The number of benzene rings is 3. The van der Waals surface area contributed by atoms with Gasteiger partial charge in [0.15, 0.2) is 5.78 Å². The molecule has 1 N–H and O–H groups in total. The number of halogens is 1. The molecule has 1 spiro atoms. The van der Waals surface area contributed by atoms with Crippen LogP contribution in [0.3, 0.4) is 0 Å². The van der Waals surface area contributed by atoms with Gasteiger partial charge in [-0.25, -0.2) is 4.79 Å². The number of aryl methyl sites for hydroxylation is 1. The monoisotopic (exact) mass is 632 g/mol. The number of nitrogens with zero attached hydrogens (tertiary/aromatic N) is 1. The first-order valence-electron chi connectivity index (χ1n) is 14.4. The number of anilines is 1. The highest BCUT2D eigenvalue weighted by Gasteiger charge is 2.79. The maximum absolute atomic E-state index is 15.3. The number of amides is 1. The molecular weight excluding hydrogens is 600 g/mol. The lowest BCUT2D eigenvalue weighted by molar-refractivity contribution is -0.160. The first-order valence-corrected chi connectivity index (χ1v) is 14.8. The van der Waals surface area contributed by atoms with Crippen LogP contribution in [0.5, 0.6) is 0 Å². The van der Waals surface area contributed by atoms with E-state index < -0.39 is 58.9 Å². The predicted molar refractivity (Wildman–Crippen MR) is 165 cm³/mol. The molecule has 1 amide bonds. The van der Waals surface area contributed by atoms with Crippen LogP contribution >= 0.6 is 11.6 Å². The van der Waals surface area contributed by atoms with Crippen molar-refractivity contribution in [3.8, 4) is 0 Å². The number of ketones is 1. The van der Waals surface area contributed by atoms with Gasteiger partial charge in [-0.2, -0.15) is 0 Å². The molecule has 2 aliphatic heterocycles. The molecule has 1 fully saturated rings. The number of carbonyl (C=O) groups is 5. The topological polar surface area (TPSA) is 128 Å². The van der Waals surface area contributed by atoms with Gasteiger partial charge in [-0.1, -0.05) is 59.6 Å². The van der Waals surface area contributed by atoms with Crippen molar-refractivity contribution in [2.24, 2.45) is 5.92 Å². The van der Waals surface area contributed by atoms with Crippen molar-refractivity contribution in [2.75, 3.05) is 25.7 Å². The zero-order chi connectivity index (χ0) is 32.5. The highest BCUT2D eigenvalue weighted by Crippen LogP contribution is 2.59. The Bertz CT molecular complexity index is 1660. The van der Waals surface area contributed by atoms with Crippen LogP contribution < -0.4 is 10.2 Å². The standard InChI is InChI=1S/C34H33ClN2O8/c1-5-45-30(40)28-27(29(39)22-12-14-23(35)15-13-22)34(33(36-28,32(42)44-4)18-26(38)43-3)24-17-20(2)11-16-25(24)37(31(34)41)19-21-9-7-6-8-10-21/h6-17,27-28,36H,5,18-19H2,1-4H3/t27-,28-,33+,34+/m0/s1. The number of Topliss-reactive ketones (excluding diaryl/α,β-unsaturated/α-hetero) is 1. The van der Waals surface area contributed by atoms with Crippen LogP contribution in [0.2, 0.25) is 5.02 Å². The molecule has 11 heteroatoms. The van der Waals surface area contributed by atoms with Crippen LogP contribution in [0.15, 0.2) is 72.8 Å². The molecule has 45 heavy (non-hydrogen) atoms. The maximum atomic E-state index is 15.3. The third kappa shape index (κ3) is 5.07. The zero-order valence-electron chi connectivity index (χ0n) is 25.3. The Labute approximate surface area is 265 Å². The summed E-state index contributed by atoms with van der Waals surface area (Å²) in [5.41, 5.74) is -2.06. The first kappa shape index (κ1) is 31.9. The van der Waals surface area contributed by atoms with E-state index in [1.807, 2.05) is 36.4 Å². The largest absolute Gasteiger partial charge is 0.469 e. The Morgan fingerprint density at radius 2 is 1.64 bits per heavy atom. The van der Waals surface area contributed by atoms with E-state index in [0.717, 1.165) is 25.3 Å². The fraction of sp³-hybridized carbons (Fsp3) is 0.324. The van der Waals surface area contributed by atoms with E-state index in [-0.39, 0.29) is 18.7 Å². The van der Waals surface area contributed by atoms with Gasteiger partial charge < -0.3 is 19.1 Å². The lowest BCUT2D eigenvalue weighted by Crippen LogP contribution is -2.67. The van der Waals surface area contributed by atoms with E-state index in [1.165, 1.54) is 29.2 Å². The molecule has 3 aromatic carbocycles. The fourth-order valence-corrected chi connectivity index (χ4v) is 6.89. The van der Waals surface area contributed by atoms with E-state index in [0.29, 0.717) is 16.3 Å². The summed E-state index contributed by atoms with van der Waals surface area (Å²) in [7, 11) is 2.26. The van der Waals surface area contributed by atoms with Gasteiger partial charge in [-0.3, -0.25) is 24.5 Å². The third-order valence-corrected chi connectivity index (χ3v) is 8.88. The van der Waals surface area contributed by atoms with Crippen LogP contribution in [-0.4, -0.2) is 62.0 Å². The molecule has 1 saturated heterocycles. The van der Waals surface area contributed by atoms with Crippen molar-refractivity contribution in [3.05, 3.63) is 100 Å². The summed E-state index contributed by atoms with van der Waals surface area (Å²) in [4.78, 5) is 72.7. The SMILES string of the molecule is CCOC(=O)[C@H]1N[C@](CC(=O)OC)(C(=O)OC)[C@@]2(C(=O)N(Cc3ccccc3)c3ccc(C)cc32)[C@@H]1C(=O)c1ccc(Cl)cc1. The Morgan fingerprint density at radius 3 is 2.27 bits per heavy atom. The van der Waals surface area contributed by atoms with E-state index in [4.69, 9.17) is 25.8 Å². The summed E-state index contributed by atoms with van der Waals surface area (Å²) in [6.45, 7) is 3.44. The molecule has 3 aromatic rings. The van der Waals surface area contributed by atoms with Crippen molar-refractivity contribution in [1.29, 1.82) is 0 Å². The van der Waals surface area contributed by atoms with E-state index in [2.05, 4.69) is 5.32 Å². The van der Waals surface area contributed by atoms with Gasteiger partial charge in [0.25, 0.3) is 0 Å². The molecule has 0 bridgehead atoms. The van der Waals surface area contributed by atoms with Crippen molar-refractivity contribution in [1.82, 2.24) is 5.32 Å². The number of nitrogens with one attached hydrogen (secondary N) is 1. The summed E-state index contributed by atoms with van der Waals surface area (Å²) >= 11 is 6.13. The predicted octanol–water partition coefficient (Wildman–Crippen LogP) is 3.94. The highest BCUT2D eigenvalue weighted by atomic mass is 35.5. The Morgan fingerprint density at radius 1 is 0.956 bits per heavy atom. The van der Waals surface area contributed by atoms with Gasteiger partial charge in [0.2, 0.25) is 5.91 Å². The van der Waals surface area contributed by atoms with Crippen molar-refractivity contribution in [3.63, 3.8) is 0 Å². The van der Waals surface area contributed by atoms with E-state index in [1.54, 1.807) is 26.0 Å². The minimum atomic E-state index is -2.26.